The molecule has 3 aromatic heterocycles. The van der Waals surface area contributed by atoms with Gasteiger partial charge >= 0.3 is 0 Å². The number of fused-ring (bicyclic) bond motifs is 1. The minimum atomic E-state index is -0.408. The van der Waals surface area contributed by atoms with Gasteiger partial charge in [0.1, 0.15) is 11.4 Å². The van der Waals surface area contributed by atoms with Gasteiger partial charge in [0, 0.05) is 17.8 Å². The molecule has 11 heteroatoms. The molecule has 30 heavy (non-hydrogen) atoms. The summed E-state index contributed by atoms with van der Waals surface area (Å²) in [5.74, 6) is 0.121. The first-order valence-electron chi connectivity index (χ1n) is 8.95. The number of thiazole rings is 2. The second kappa shape index (κ2) is 8.93. The Labute approximate surface area is 179 Å². The molecule has 0 aliphatic heterocycles. The van der Waals surface area contributed by atoms with E-state index < -0.39 is 5.91 Å². The quantitative estimate of drug-likeness (QED) is 0.452. The van der Waals surface area contributed by atoms with Gasteiger partial charge in [-0.15, -0.1) is 11.3 Å². The second-order valence-electron chi connectivity index (χ2n) is 6.00. The van der Waals surface area contributed by atoms with E-state index in [-0.39, 0.29) is 18.0 Å². The van der Waals surface area contributed by atoms with Crippen LogP contribution in [0.1, 0.15) is 23.1 Å². The topological polar surface area (TPSA) is 119 Å². The first kappa shape index (κ1) is 19.9. The number of carbonyl (C=O) groups excluding carboxylic acids is 2. The van der Waals surface area contributed by atoms with Gasteiger partial charge in [-0.2, -0.15) is 0 Å². The number of hydrogen-bond donors (Lipinski definition) is 2. The van der Waals surface area contributed by atoms with Crippen molar-refractivity contribution in [2.45, 2.75) is 13.3 Å². The highest BCUT2D eigenvalue weighted by Gasteiger charge is 2.14. The van der Waals surface area contributed by atoms with E-state index in [9.17, 15) is 9.59 Å². The minimum absolute atomic E-state index is 0.0671. The molecule has 9 nitrogen and oxygen atoms in total. The van der Waals surface area contributed by atoms with Crippen LogP contribution in [-0.4, -0.2) is 38.4 Å². The normalized spacial score (nSPS) is 10.7. The Morgan fingerprint density at radius 1 is 1.13 bits per heavy atom. The lowest BCUT2D eigenvalue weighted by Crippen LogP contribution is -2.15. The number of nitrogens with zero attached hydrogens (tertiary/aromatic N) is 4. The van der Waals surface area contributed by atoms with Crippen molar-refractivity contribution in [2.75, 3.05) is 17.2 Å². The van der Waals surface area contributed by atoms with Gasteiger partial charge < -0.3 is 10.1 Å². The van der Waals surface area contributed by atoms with E-state index in [0.717, 1.165) is 16.0 Å². The van der Waals surface area contributed by atoms with Crippen molar-refractivity contribution in [1.82, 2.24) is 19.9 Å². The number of nitrogens with one attached hydrogen (secondary N) is 2. The first-order valence-corrected chi connectivity index (χ1v) is 10.7. The number of benzene rings is 1. The molecule has 2 N–H and O–H groups in total. The summed E-state index contributed by atoms with van der Waals surface area (Å²) in [5, 5.41) is 8.06. The molecule has 0 aliphatic carbocycles. The molecule has 0 saturated carbocycles. The molecule has 1 aromatic carbocycles. The summed E-state index contributed by atoms with van der Waals surface area (Å²) >= 11 is 2.61. The number of rotatable bonds is 7. The van der Waals surface area contributed by atoms with Gasteiger partial charge in [0.2, 0.25) is 5.91 Å². The van der Waals surface area contributed by atoms with Gasteiger partial charge in [-0.1, -0.05) is 11.3 Å². The van der Waals surface area contributed by atoms with Crippen molar-refractivity contribution in [1.29, 1.82) is 0 Å². The van der Waals surface area contributed by atoms with Gasteiger partial charge in [0.15, 0.2) is 10.3 Å². The van der Waals surface area contributed by atoms with Crippen molar-refractivity contribution in [2.24, 2.45) is 0 Å². The fraction of sp³-hybridized carbons (Fsp3) is 0.158. The van der Waals surface area contributed by atoms with Crippen LogP contribution in [0, 0.1) is 0 Å². The molecule has 0 fully saturated rings. The summed E-state index contributed by atoms with van der Waals surface area (Å²) in [7, 11) is 0. The van der Waals surface area contributed by atoms with E-state index in [1.54, 1.807) is 5.38 Å². The van der Waals surface area contributed by atoms with Crippen molar-refractivity contribution >= 4 is 55.0 Å². The van der Waals surface area contributed by atoms with Crippen LogP contribution >= 0.6 is 22.7 Å². The average Bonchev–Trinajstić information content (AvgIpc) is 3.34. The first-order chi connectivity index (χ1) is 14.6. The van der Waals surface area contributed by atoms with Crippen LogP contribution in [0.15, 0.2) is 42.2 Å². The summed E-state index contributed by atoms with van der Waals surface area (Å²) in [6.45, 7) is 2.51. The summed E-state index contributed by atoms with van der Waals surface area (Å²) in [4.78, 5) is 41.0. The monoisotopic (exact) mass is 440 g/mol. The lowest BCUT2D eigenvalue weighted by Gasteiger charge is -2.00. The largest absolute Gasteiger partial charge is 0.494 e. The van der Waals surface area contributed by atoms with Crippen LogP contribution in [0.5, 0.6) is 5.75 Å². The third kappa shape index (κ3) is 4.75. The van der Waals surface area contributed by atoms with Crippen molar-refractivity contribution < 1.29 is 14.3 Å². The third-order valence-electron chi connectivity index (χ3n) is 3.83. The zero-order chi connectivity index (χ0) is 20.9. The van der Waals surface area contributed by atoms with Gasteiger partial charge in [-0.3, -0.25) is 19.9 Å². The predicted octanol–water partition coefficient (Wildman–Crippen LogP) is 3.38. The maximum Gasteiger partial charge on any atom is 0.277 e. The van der Waals surface area contributed by atoms with Crippen LogP contribution in [-0.2, 0) is 11.2 Å². The standard InChI is InChI=1S/C19H16N6O3S2/c1-2-28-12-3-4-13-15(8-12)30-19(23-13)24-16(26)7-11-10-29-18(22-11)25-17(27)14-9-20-5-6-21-14/h3-6,8-10H,2,7H2,1H3,(H,22,25,27)(H,23,24,26). The molecular formula is C19H16N6O3S2. The number of anilines is 2. The molecule has 3 heterocycles. The van der Waals surface area contributed by atoms with Crippen molar-refractivity contribution in [3.63, 3.8) is 0 Å². The summed E-state index contributed by atoms with van der Waals surface area (Å²) in [6.07, 6.45) is 4.36. The average molecular weight is 441 g/mol. The van der Waals surface area contributed by atoms with Crippen LogP contribution in [0.3, 0.4) is 0 Å². The highest BCUT2D eigenvalue weighted by Crippen LogP contribution is 2.29. The highest BCUT2D eigenvalue weighted by atomic mass is 32.1. The maximum atomic E-state index is 12.4. The Morgan fingerprint density at radius 3 is 2.83 bits per heavy atom. The molecule has 0 atom stereocenters. The van der Waals surface area contributed by atoms with E-state index in [1.165, 1.54) is 41.3 Å². The molecule has 0 saturated heterocycles. The van der Waals surface area contributed by atoms with E-state index in [2.05, 4.69) is 30.6 Å². The molecule has 0 unspecified atom stereocenters. The fourth-order valence-electron chi connectivity index (χ4n) is 2.57. The summed E-state index contributed by atoms with van der Waals surface area (Å²) < 4.78 is 6.42. The van der Waals surface area contributed by atoms with Gasteiger partial charge in [-0.25, -0.2) is 15.0 Å². The van der Waals surface area contributed by atoms with Crippen LogP contribution in [0.2, 0.25) is 0 Å². The van der Waals surface area contributed by atoms with Crippen molar-refractivity contribution in [3.05, 3.63) is 53.6 Å². The van der Waals surface area contributed by atoms with E-state index in [4.69, 9.17) is 4.74 Å². The molecule has 4 aromatic rings. The lowest BCUT2D eigenvalue weighted by atomic mass is 10.3. The Hall–Kier alpha value is -3.44. The summed E-state index contributed by atoms with van der Waals surface area (Å²) in [5.41, 5.74) is 1.53. The molecule has 0 radical (unpaired) electrons. The Morgan fingerprint density at radius 2 is 2.03 bits per heavy atom. The molecule has 0 spiro atoms. The van der Waals surface area contributed by atoms with Gasteiger partial charge in [0.25, 0.3) is 5.91 Å². The highest BCUT2D eigenvalue weighted by molar-refractivity contribution is 7.22. The minimum Gasteiger partial charge on any atom is -0.494 e. The van der Waals surface area contributed by atoms with Crippen LogP contribution in [0.4, 0.5) is 10.3 Å². The molecule has 2 amide bonds. The second-order valence-corrected chi connectivity index (χ2v) is 7.88. The summed E-state index contributed by atoms with van der Waals surface area (Å²) in [6, 6.07) is 5.61. The Balaban J connectivity index is 1.36. The maximum absolute atomic E-state index is 12.4. The van der Waals surface area contributed by atoms with Crippen LogP contribution < -0.4 is 15.4 Å². The van der Waals surface area contributed by atoms with E-state index in [1.807, 2.05) is 25.1 Å². The zero-order valence-corrected chi connectivity index (χ0v) is 17.4. The molecule has 152 valence electrons. The number of carbonyl (C=O) groups is 2. The smallest absolute Gasteiger partial charge is 0.277 e. The zero-order valence-electron chi connectivity index (χ0n) is 15.8. The molecule has 4 rings (SSSR count). The Bertz CT molecular complexity index is 1190. The number of ether oxygens (including phenoxy) is 1. The van der Waals surface area contributed by atoms with Crippen LogP contribution in [0.25, 0.3) is 10.2 Å². The third-order valence-corrected chi connectivity index (χ3v) is 5.57. The molecule has 0 aliphatic rings. The number of hydrogen-bond acceptors (Lipinski definition) is 9. The lowest BCUT2D eigenvalue weighted by molar-refractivity contribution is -0.115. The van der Waals surface area contributed by atoms with E-state index in [0.29, 0.717) is 22.6 Å². The number of amides is 2. The number of aromatic nitrogens is 4. The fourth-order valence-corrected chi connectivity index (χ4v) is 4.18. The SMILES string of the molecule is CCOc1ccc2nc(NC(=O)Cc3csc(NC(=O)c4cnccn4)n3)sc2c1. The van der Waals surface area contributed by atoms with Gasteiger partial charge in [0.05, 0.1) is 35.1 Å². The van der Waals surface area contributed by atoms with Crippen molar-refractivity contribution in [3.8, 4) is 5.75 Å². The van der Waals surface area contributed by atoms with Gasteiger partial charge in [-0.05, 0) is 25.1 Å². The molecular weight excluding hydrogens is 424 g/mol. The Kier molecular flexibility index (Phi) is 5.91. The molecule has 0 bridgehead atoms. The van der Waals surface area contributed by atoms with E-state index >= 15 is 0 Å². The predicted molar refractivity (Wildman–Crippen MR) is 115 cm³/mol.